The molecule has 0 saturated carbocycles. The Labute approximate surface area is 258 Å². The van der Waals surface area contributed by atoms with E-state index in [9.17, 15) is 9.59 Å². The van der Waals surface area contributed by atoms with Crippen molar-refractivity contribution in [2.45, 2.75) is 90.3 Å². The molecule has 2 amide bonds. The molecule has 7 nitrogen and oxygen atoms in total. The van der Waals surface area contributed by atoms with Gasteiger partial charge in [0.25, 0.3) is 0 Å². The zero-order chi connectivity index (χ0) is 29.9. The van der Waals surface area contributed by atoms with E-state index in [0.717, 1.165) is 67.0 Å². The smallest absolute Gasteiger partial charge is 0.242 e. The Morgan fingerprint density at radius 3 is 2.12 bits per heavy atom. The number of carbonyl (C=O) groups is 2. The maximum absolute atomic E-state index is 13.9. The molecular formula is C35H43N5O2S. The van der Waals surface area contributed by atoms with Gasteiger partial charge in [0.2, 0.25) is 11.8 Å². The number of aromatic amines is 1. The van der Waals surface area contributed by atoms with Crippen LogP contribution in [0.1, 0.15) is 73.9 Å². The number of thiophene rings is 1. The van der Waals surface area contributed by atoms with E-state index in [1.807, 2.05) is 22.2 Å². The van der Waals surface area contributed by atoms with Crippen LogP contribution in [0.3, 0.4) is 0 Å². The van der Waals surface area contributed by atoms with E-state index in [0.29, 0.717) is 25.2 Å². The molecule has 2 aromatic heterocycles. The van der Waals surface area contributed by atoms with Gasteiger partial charge in [-0.05, 0) is 90.0 Å². The molecule has 0 atom stereocenters. The second-order valence-corrected chi connectivity index (χ2v) is 14.6. The van der Waals surface area contributed by atoms with Gasteiger partial charge in [-0.3, -0.25) is 9.59 Å². The van der Waals surface area contributed by atoms with Gasteiger partial charge in [0.05, 0.1) is 11.1 Å². The third kappa shape index (κ3) is 5.17. The lowest BCUT2D eigenvalue weighted by atomic mass is 9.88. The van der Waals surface area contributed by atoms with Crippen LogP contribution in [0, 0.1) is 13.8 Å². The molecule has 226 valence electrons. The zero-order valence-corrected chi connectivity index (χ0v) is 26.7. The first-order valence-corrected chi connectivity index (χ1v) is 16.7. The highest BCUT2D eigenvalue weighted by atomic mass is 32.1. The van der Waals surface area contributed by atoms with Crippen LogP contribution in [-0.2, 0) is 21.5 Å². The van der Waals surface area contributed by atoms with Gasteiger partial charge in [-0.25, -0.2) is 0 Å². The maximum atomic E-state index is 13.9. The monoisotopic (exact) mass is 597 g/mol. The molecule has 7 rings (SSSR count). The third-order valence-corrected chi connectivity index (χ3v) is 11.3. The summed E-state index contributed by atoms with van der Waals surface area (Å²) in [5.74, 6) is 0.470. The highest BCUT2D eigenvalue weighted by Gasteiger charge is 2.47. The summed E-state index contributed by atoms with van der Waals surface area (Å²) in [6.07, 6.45) is 14.9. The molecule has 4 aliphatic heterocycles. The molecule has 3 aromatic rings. The number of benzene rings is 1. The Kier molecular flexibility index (Phi) is 7.15. The Balaban J connectivity index is 1.18. The molecule has 0 unspecified atom stereocenters. The Morgan fingerprint density at radius 2 is 1.49 bits per heavy atom. The molecule has 8 heteroatoms. The minimum atomic E-state index is -0.569. The molecule has 0 aliphatic carbocycles. The van der Waals surface area contributed by atoms with Crippen molar-refractivity contribution in [3.63, 3.8) is 0 Å². The Hall–Kier alpha value is -3.52. The predicted octanol–water partition coefficient (Wildman–Crippen LogP) is 6.63. The Morgan fingerprint density at radius 1 is 0.884 bits per heavy atom. The number of H-pyrrole nitrogens is 1. The predicted molar refractivity (Wildman–Crippen MR) is 173 cm³/mol. The fourth-order valence-corrected chi connectivity index (χ4v) is 8.78. The average molecular weight is 598 g/mol. The van der Waals surface area contributed by atoms with Crippen LogP contribution in [0.15, 0.2) is 49.1 Å². The molecule has 2 bridgehead atoms. The van der Waals surface area contributed by atoms with Gasteiger partial charge in [0.15, 0.2) is 0 Å². The van der Waals surface area contributed by atoms with Gasteiger partial charge in [-0.2, -0.15) is 0 Å². The summed E-state index contributed by atoms with van der Waals surface area (Å²) in [6, 6.07) is 9.83. The van der Waals surface area contributed by atoms with Gasteiger partial charge < -0.3 is 24.6 Å². The summed E-state index contributed by atoms with van der Waals surface area (Å²) < 4.78 is 0. The fraction of sp³-hybridized carbons (Fsp3) is 0.486. The lowest BCUT2D eigenvalue weighted by molar-refractivity contribution is -0.137. The number of carbonyl (C=O) groups excluding carboxylic acids is 2. The van der Waals surface area contributed by atoms with Crippen LogP contribution in [0.4, 0.5) is 0 Å². The molecule has 3 saturated heterocycles. The molecule has 43 heavy (non-hydrogen) atoms. The fourth-order valence-electron chi connectivity index (χ4n) is 7.60. The van der Waals surface area contributed by atoms with Gasteiger partial charge in [0.1, 0.15) is 11.4 Å². The van der Waals surface area contributed by atoms with Crippen LogP contribution in [-0.4, -0.2) is 68.1 Å². The first-order valence-electron chi connectivity index (χ1n) is 15.9. The van der Waals surface area contributed by atoms with Gasteiger partial charge in [0, 0.05) is 72.3 Å². The largest absolute Gasteiger partial charge is 0.347 e. The van der Waals surface area contributed by atoms with Crippen molar-refractivity contribution in [3.05, 3.63) is 70.6 Å². The van der Waals surface area contributed by atoms with E-state index in [1.165, 1.54) is 27.6 Å². The summed E-state index contributed by atoms with van der Waals surface area (Å²) in [4.78, 5) is 41.0. The van der Waals surface area contributed by atoms with Crippen molar-refractivity contribution in [2.75, 3.05) is 19.6 Å². The van der Waals surface area contributed by atoms with Crippen LogP contribution in [0.2, 0.25) is 0 Å². The van der Waals surface area contributed by atoms with Crippen molar-refractivity contribution in [2.24, 2.45) is 0 Å². The van der Waals surface area contributed by atoms with Crippen molar-refractivity contribution in [1.82, 2.24) is 24.6 Å². The summed E-state index contributed by atoms with van der Waals surface area (Å²) in [5, 5.41) is 1.19. The first kappa shape index (κ1) is 28.3. The topological polar surface area (TPSA) is 62.9 Å². The number of fused-ring (bicyclic) bond motifs is 3. The molecular weight excluding hydrogens is 554 g/mol. The number of amides is 2. The van der Waals surface area contributed by atoms with E-state index in [-0.39, 0.29) is 11.8 Å². The second-order valence-electron chi connectivity index (χ2n) is 13.5. The number of likely N-dealkylation sites (tertiary alicyclic amines) is 1. The molecule has 4 aliphatic rings. The van der Waals surface area contributed by atoms with Crippen molar-refractivity contribution in [1.29, 1.82) is 0 Å². The highest BCUT2D eigenvalue weighted by molar-refractivity contribution is 7.19. The molecule has 6 heterocycles. The number of aryl methyl sites for hydroxylation is 2. The lowest BCUT2D eigenvalue weighted by Gasteiger charge is -2.31. The lowest BCUT2D eigenvalue weighted by Crippen LogP contribution is -2.45. The normalized spacial score (nSPS) is 21.7. The SMILES string of the molecule is Cc1cc(C)cc(-c2[nH]c3sc(C(C)(C)C(=O)N4C5CCC4CC5)cc3c2CN2C=CN(CC(=O)N3CCCC3)C=C2)c1. The van der Waals surface area contributed by atoms with Crippen LogP contribution >= 0.6 is 11.3 Å². The third-order valence-electron chi connectivity index (χ3n) is 9.96. The number of hydrogen-bond donors (Lipinski definition) is 1. The van der Waals surface area contributed by atoms with Crippen molar-refractivity contribution >= 4 is 33.4 Å². The zero-order valence-electron chi connectivity index (χ0n) is 25.9. The summed E-state index contributed by atoms with van der Waals surface area (Å²) >= 11 is 1.73. The van der Waals surface area contributed by atoms with Gasteiger partial charge >= 0.3 is 0 Å². The average Bonchev–Trinajstić information content (AvgIpc) is 3.81. The van der Waals surface area contributed by atoms with Crippen molar-refractivity contribution in [3.8, 4) is 11.3 Å². The van der Waals surface area contributed by atoms with Crippen LogP contribution in [0.5, 0.6) is 0 Å². The van der Waals surface area contributed by atoms with E-state index < -0.39 is 5.41 Å². The highest BCUT2D eigenvalue weighted by Crippen LogP contribution is 2.45. The van der Waals surface area contributed by atoms with Crippen LogP contribution < -0.4 is 0 Å². The molecule has 0 spiro atoms. The first-order chi connectivity index (χ1) is 20.7. The number of rotatable bonds is 7. The van der Waals surface area contributed by atoms with E-state index in [1.54, 1.807) is 11.3 Å². The van der Waals surface area contributed by atoms with Crippen LogP contribution in [0.25, 0.3) is 21.5 Å². The molecule has 1 N–H and O–H groups in total. The quantitative estimate of drug-likeness (QED) is 0.332. The standard InChI is InChI=1S/C35H43N5O2S/c1-23-17-24(2)19-25(18-23)32-29(21-37-13-15-38(16-14-37)22-31(41)39-11-5-6-12-39)28-20-30(43-33(28)36-32)35(3,4)34(42)40-26-7-8-27(40)10-9-26/h13-20,26-27,36H,5-12,21-22H2,1-4H3. The maximum Gasteiger partial charge on any atom is 0.242 e. The number of nitrogens with one attached hydrogen (secondary N) is 1. The minimum Gasteiger partial charge on any atom is -0.347 e. The summed E-state index contributed by atoms with van der Waals surface area (Å²) in [5.41, 5.74) is 5.45. The Bertz CT molecular complexity index is 1570. The minimum absolute atomic E-state index is 0.189. The number of hydrogen-bond acceptors (Lipinski definition) is 5. The summed E-state index contributed by atoms with van der Waals surface area (Å²) in [7, 11) is 0. The number of aromatic nitrogens is 1. The van der Waals surface area contributed by atoms with E-state index >= 15 is 0 Å². The van der Waals surface area contributed by atoms with Gasteiger partial charge in [-0.15, -0.1) is 11.3 Å². The van der Waals surface area contributed by atoms with Crippen molar-refractivity contribution < 1.29 is 9.59 Å². The molecule has 1 aromatic carbocycles. The second kappa shape index (κ2) is 10.9. The molecule has 3 fully saturated rings. The van der Waals surface area contributed by atoms with E-state index in [2.05, 4.69) is 79.1 Å². The van der Waals surface area contributed by atoms with E-state index in [4.69, 9.17) is 0 Å². The van der Waals surface area contributed by atoms with Gasteiger partial charge in [-0.1, -0.05) is 17.2 Å². The summed E-state index contributed by atoms with van der Waals surface area (Å²) in [6.45, 7) is 11.3. The number of nitrogens with zero attached hydrogens (tertiary/aromatic N) is 4. The molecule has 0 radical (unpaired) electrons.